The van der Waals surface area contributed by atoms with Crippen LogP contribution >= 0.6 is 11.8 Å². The highest BCUT2D eigenvalue weighted by Gasteiger charge is 2.25. The van der Waals surface area contributed by atoms with Gasteiger partial charge >= 0.3 is 6.09 Å². The lowest BCUT2D eigenvalue weighted by Gasteiger charge is -2.30. The van der Waals surface area contributed by atoms with Gasteiger partial charge in [0.1, 0.15) is 18.1 Å². The molecule has 0 aliphatic carbocycles. The monoisotopic (exact) mass is 418 g/mol. The number of hydrogen-bond acceptors (Lipinski definition) is 4. The smallest absolute Gasteiger partial charge is 0.410 e. The van der Waals surface area contributed by atoms with E-state index in [9.17, 15) is 4.79 Å². The van der Waals surface area contributed by atoms with Crippen molar-refractivity contribution in [1.29, 1.82) is 0 Å². The summed E-state index contributed by atoms with van der Waals surface area (Å²) in [5.74, 6) is 1.66. The predicted octanol–water partition coefficient (Wildman–Crippen LogP) is 6.54. The molecule has 30 heavy (non-hydrogen) atoms. The highest BCUT2D eigenvalue weighted by atomic mass is 32.2. The standard InChI is InChI=1S/C25H24NO3S/c27-25(28-19-20-7-3-1-4-8-20)26-17-15-24(16-18-26)30-23-13-11-22(12-14-23)29-21-9-5-2-6-10-21/h1-14H,15-19H2. The predicted molar refractivity (Wildman–Crippen MR) is 119 cm³/mol. The largest absolute Gasteiger partial charge is 0.457 e. The molecule has 3 aromatic carbocycles. The van der Waals surface area contributed by atoms with Crippen molar-refractivity contribution in [2.24, 2.45) is 0 Å². The second-order valence-corrected chi connectivity index (χ2v) is 8.31. The molecule has 0 bridgehead atoms. The van der Waals surface area contributed by atoms with Gasteiger partial charge in [-0.2, -0.15) is 0 Å². The third-order valence-corrected chi connectivity index (χ3v) is 6.05. The van der Waals surface area contributed by atoms with Crippen molar-refractivity contribution in [2.75, 3.05) is 13.1 Å². The number of carbonyl (C=O) groups is 1. The minimum Gasteiger partial charge on any atom is -0.457 e. The van der Waals surface area contributed by atoms with Gasteiger partial charge in [-0.05, 0) is 54.8 Å². The minimum absolute atomic E-state index is 0.231. The van der Waals surface area contributed by atoms with E-state index in [2.05, 4.69) is 12.1 Å². The zero-order chi connectivity index (χ0) is 20.6. The lowest BCUT2D eigenvalue weighted by Crippen LogP contribution is -2.37. The number of amides is 1. The Hall–Kier alpha value is -2.92. The molecule has 0 unspecified atom stereocenters. The molecule has 1 heterocycles. The van der Waals surface area contributed by atoms with Gasteiger partial charge in [-0.25, -0.2) is 4.79 Å². The van der Waals surface area contributed by atoms with Gasteiger partial charge in [-0.3, -0.25) is 0 Å². The average molecular weight is 419 g/mol. The quantitative estimate of drug-likeness (QED) is 0.456. The zero-order valence-electron chi connectivity index (χ0n) is 16.7. The van der Waals surface area contributed by atoms with Gasteiger partial charge in [0.2, 0.25) is 0 Å². The highest BCUT2D eigenvalue weighted by Crippen LogP contribution is 2.37. The van der Waals surface area contributed by atoms with Crippen LogP contribution in [0.5, 0.6) is 11.5 Å². The van der Waals surface area contributed by atoms with E-state index in [1.807, 2.05) is 72.8 Å². The van der Waals surface area contributed by atoms with Crippen molar-refractivity contribution in [3.8, 4) is 11.5 Å². The summed E-state index contributed by atoms with van der Waals surface area (Å²) in [6.45, 7) is 1.72. The first-order valence-corrected chi connectivity index (χ1v) is 10.9. The molecule has 0 saturated carbocycles. The van der Waals surface area contributed by atoms with Crippen LogP contribution in [0.25, 0.3) is 0 Å². The Balaban J connectivity index is 1.21. The first-order valence-electron chi connectivity index (χ1n) is 10.1. The van der Waals surface area contributed by atoms with Crippen molar-refractivity contribution >= 4 is 17.9 Å². The molecular weight excluding hydrogens is 394 g/mol. The maximum absolute atomic E-state index is 12.3. The molecule has 1 aliphatic rings. The molecule has 0 aromatic heterocycles. The maximum atomic E-state index is 12.3. The first-order chi connectivity index (χ1) is 14.8. The van der Waals surface area contributed by atoms with Gasteiger partial charge in [0.25, 0.3) is 0 Å². The Bertz CT molecular complexity index is 924. The van der Waals surface area contributed by atoms with Crippen molar-refractivity contribution in [1.82, 2.24) is 4.90 Å². The second-order valence-electron chi connectivity index (χ2n) is 7.05. The van der Waals surface area contributed by atoms with E-state index in [-0.39, 0.29) is 6.09 Å². The van der Waals surface area contributed by atoms with Crippen LogP contribution < -0.4 is 4.74 Å². The fourth-order valence-electron chi connectivity index (χ4n) is 3.22. The van der Waals surface area contributed by atoms with Crippen LogP contribution in [0.1, 0.15) is 18.4 Å². The summed E-state index contributed by atoms with van der Waals surface area (Å²) in [7, 11) is 0. The van der Waals surface area contributed by atoms with Crippen LogP contribution in [-0.2, 0) is 11.3 Å². The van der Waals surface area contributed by atoms with E-state index in [4.69, 9.17) is 9.47 Å². The fraction of sp³-hybridized carbons (Fsp3) is 0.200. The van der Waals surface area contributed by atoms with Crippen LogP contribution in [0.4, 0.5) is 4.79 Å². The molecule has 1 amide bonds. The minimum atomic E-state index is -0.231. The summed E-state index contributed by atoms with van der Waals surface area (Å²) in [5, 5.41) is 1.39. The fourth-order valence-corrected chi connectivity index (χ4v) is 4.21. The van der Waals surface area contributed by atoms with E-state index in [0.29, 0.717) is 19.7 Å². The number of thioether (sulfide) groups is 1. The van der Waals surface area contributed by atoms with Crippen molar-refractivity contribution in [2.45, 2.75) is 24.3 Å². The van der Waals surface area contributed by atoms with Crippen molar-refractivity contribution in [3.05, 3.63) is 95.7 Å². The number of para-hydroxylation sites is 1. The van der Waals surface area contributed by atoms with Crippen LogP contribution in [0.15, 0.2) is 89.8 Å². The molecule has 0 N–H and O–H groups in total. The van der Waals surface area contributed by atoms with Gasteiger partial charge in [0, 0.05) is 23.2 Å². The van der Waals surface area contributed by atoms with Crippen LogP contribution in [-0.4, -0.2) is 24.1 Å². The summed E-state index contributed by atoms with van der Waals surface area (Å²) in [6.07, 6.45) is 1.53. The molecular formula is C25H24NO3S. The number of ether oxygens (including phenoxy) is 2. The summed E-state index contributed by atoms with van der Waals surface area (Å²) >= 11 is 1.79. The summed E-state index contributed by atoms with van der Waals surface area (Å²) in [6, 6.07) is 27.7. The number of hydrogen-bond donors (Lipinski definition) is 0. The third-order valence-electron chi connectivity index (χ3n) is 4.85. The van der Waals surface area contributed by atoms with E-state index < -0.39 is 0 Å². The molecule has 1 fully saturated rings. The molecule has 4 rings (SSSR count). The molecule has 0 spiro atoms. The van der Waals surface area contributed by atoms with Gasteiger partial charge in [0.05, 0.1) is 0 Å². The number of piperidine rings is 1. The number of carbonyl (C=O) groups excluding carboxylic acids is 1. The Labute approximate surface area is 181 Å². The Morgan fingerprint density at radius 1 is 0.800 bits per heavy atom. The van der Waals surface area contributed by atoms with E-state index in [1.54, 1.807) is 16.7 Å². The van der Waals surface area contributed by atoms with E-state index in [0.717, 1.165) is 29.9 Å². The Morgan fingerprint density at radius 3 is 2.07 bits per heavy atom. The molecule has 5 heteroatoms. The van der Waals surface area contributed by atoms with Gasteiger partial charge in [-0.1, -0.05) is 48.5 Å². The van der Waals surface area contributed by atoms with Crippen LogP contribution in [0.3, 0.4) is 0 Å². The van der Waals surface area contributed by atoms with E-state index in [1.165, 1.54) is 10.1 Å². The molecule has 153 valence electrons. The van der Waals surface area contributed by atoms with Gasteiger partial charge < -0.3 is 14.4 Å². The first kappa shape index (κ1) is 20.4. The Morgan fingerprint density at radius 2 is 1.40 bits per heavy atom. The van der Waals surface area contributed by atoms with Crippen LogP contribution in [0.2, 0.25) is 0 Å². The molecule has 0 atom stereocenters. The normalized spacial score (nSPS) is 14.3. The lowest BCUT2D eigenvalue weighted by atomic mass is 10.1. The average Bonchev–Trinajstić information content (AvgIpc) is 2.81. The van der Waals surface area contributed by atoms with Crippen LogP contribution in [0, 0.1) is 5.25 Å². The number of nitrogens with zero attached hydrogens (tertiary/aromatic N) is 1. The molecule has 1 radical (unpaired) electrons. The SMILES string of the molecule is O=C(OCc1ccccc1)N1CC[C](Sc2ccc(Oc3ccccc3)cc2)CC1. The number of benzene rings is 3. The summed E-state index contributed by atoms with van der Waals surface area (Å²) in [5.41, 5.74) is 1.00. The molecule has 1 saturated heterocycles. The summed E-state index contributed by atoms with van der Waals surface area (Å²) < 4.78 is 11.3. The highest BCUT2D eigenvalue weighted by molar-refractivity contribution is 8.02. The summed E-state index contributed by atoms with van der Waals surface area (Å²) in [4.78, 5) is 15.3. The second kappa shape index (κ2) is 10.2. The van der Waals surface area contributed by atoms with Gasteiger partial charge in [-0.15, -0.1) is 11.8 Å². The molecule has 3 aromatic rings. The zero-order valence-corrected chi connectivity index (χ0v) is 17.5. The van der Waals surface area contributed by atoms with Gasteiger partial charge in [0.15, 0.2) is 0 Å². The lowest BCUT2D eigenvalue weighted by molar-refractivity contribution is 0.0927. The molecule has 4 nitrogen and oxygen atoms in total. The molecule has 1 aliphatic heterocycles. The Kier molecular flexibility index (Phi) is 6.93. The van der Waals surface area contributed by atoms with Crippen molar-refractivity contribution in [3.63, 3.8) is 0 Å². The maximum Gasteiger partial charge on any atom is 0.410 e. The van der Waals surface area contributed by atoms with E-state index >= 15 is 0 Å². The topological polar surface area (TPSA) is 38.8 Å². The third kappa shape index (κ3) is 5.80. The van der Waals surface area contributed by atoms with Crippen molar-refractivity contribution < 1.29 is 14.3 Å². The number of rotatable bonds is 6. The number of likely N-dealkylation sites (tertiary alicyclic amines) is 1.